The Hall–Kier alpha value is -2.22. The molecule has 1 heterocycles. The van der Waals surface area contributed by atoms with Gasteiger partial charge in [-0.15, -0.1) is 0 Å². The van der Waals surface area contributed by atoms with Crippen LogP contribution >= 0.6 is 11.9 Å². The monoisotopic (exact) mass is 484 g/mol. The number of hydrogen-bond donors (Lipinski definition) is 1. The minimum Gasteiger partial charge on any atom is -0.497 e. The van der Waals surface area contributed by atoms with E-state index >= 15 is 0 Å². The normalized spacial score (nSPS) is 14.0. The number of benzene rings is 2. The molecule has 7 heteroatoms. The van der Waals surface area contributed by atoms with E-state index in [9.17, 15) is 4.79 Å². The zero-order valence-corrected chi connectivity index (χ0v) is 22.4. The van der Waals surface area contributed by atoms with Gasteiger partial charge in [-0.2, -0.15) is 0 Å². The summed E-state index contributed by atoms with van der Waals surface area (Å²) in [6.07, 6.45) is 2.72. The third-order valence-corrected chi connectivity index (χ3v) is 7.81. The van der Waals surface area contributed by atoms with Gasteiger partial charge in [0.15, 0.2) is 0 Å². The summed E-state index contributed by atoms with van der Waals surface area (Å²) >= 11 is 1.69. The number of amides is 1. The van der Waals surface area contributed by atoms with Crippen molar-refractivity contribution < 1.29 is 9.53 Å². The van der Waals surface area contributed by atoms with Crippen molar-refractivity contribution in [2.24, 2.45) is 0 Å². The molecule has 0 radical (unpaired) electrons. The summed E-state index contributed by atoms with van der Waals surface area (Å²) in [6.45, 7) is 8.56. The van der Waals surface area contributed by atoms with Crippen molar-refractivity contribution in [2.45, 2.75) is 38.0 Å². The quantitative estimate of drug-likeness (QED) is 0.509. The fraction of sp³-hybridized carbons (Fsp3) is 0.519. The topological polar surface area (TPSA) is 48.1 Å². The summed E-state index contributed by atoms with van der Waals surface area (Å²) in [4.78, 5) is 18.1. The average molecular weight is 485 g/mol. The van der Waals surface area contributed by atoms with E-state index in [4.69, 9.17) is 4.74 Å². The first kappa shape index (κ1) is 26.4. The first-order valence-corrected chi connectivity index (χ1v) is 12.9. The van der Waals surface area contributed by atoms with Crippen LogP contribution in [-0.2, 0) is 17.6 Å². The van der Waals surface area contributed by atoms with Crippen LogP contribution in [0.5, 0.6) is 5.75 Å². The number of anilines is 1. The van der Waals surface area contributed by atoms with Crippen molar-refractivity contribution in [1.29, 1.82) is 0 Å². The van der Waals surface area contributed by atoms with E-state index in [1.807, 2.05) is 19.0 Å². The Bertz CT molecular complexity index is 958. The Kier molecular flexibility index (Phi) is 9.68. The molecule has 34 heavy (non-hydrogen) atoms. The van der Waals surface area contributed by atoms with Crippen molar-refractivity contribution in [1.82, 2.24) is 14.1 Å². The Labute approximate surface area is 209 Å². The lowest BCUT2D eigenvalue weighted by atomic mass is 10.0. The van der Waals surface area contributed by atoms with Crippen molar-refractivity contribution in [3.05, 3.63) is 52.6 Å². The van der Waals surface area contributed by atoms with Crippen molar-refractivity contribution in [3.8, 4) is 5.75 Å². The molecule has 0 saturated carbocycles. The largest absolute Gasteiger partial charge is 0.497 e. The molecule has 0 aliphatic carbocycles. The number of hydrogen-bond acceptors (Lipinski definition) is 6. The fourth-order valence-corrected chi connectivity index (χ4v) is 5.16. The molecule has 0 aromatic heterocycles. The van der Waals surface area contributed by atoms with Crippen LogP contribution in [0.25, 0.3) is 0 Å². The zero-order valence-electron chi connectivity index (χ0n) is 21.6. The maximum absolute atomic E-state index is 12.7. The van der Waals surface area contributed by atoms with Crippen molar-refractivity contribution in [2.75, 3.05) is 66.3 Å². The van der Waals surface area contributed by atoms with E-state index in [1.54, 1.807) is 19.1 Å². The predicted octanol–water partition coefficient (Wildman–Crippen LogP) is 4.24. The van der Waals surface area contributed by atoms with Crippen LogP contribution in [0.15, 0.2) is 35.2 Å². The summed E-state index contributed by atoms with van der Waals surface area (Å²) < 4.78 is 7.49. The molecule has 1 amide bonds. The van der Waals surface area contributed by atoms with Crippen LogP contribution in [0.4, 0.5) is 5.69 Å². The van der Waals surface area contributed by atoms with E-state index in [0.717, 1.165) is 43.9 Å². The van der Waals surface area contributed by atoms with Crippen LogP contribution in [0, 0.1) is 13.8 Å². The molecule has 0 bridgehead atoms. The Balaban J connectivity index is 1.41. The van der Waals surface area contributed by atoms with Gasteiger partial charge >= 0.3 is 0 Å². The van der Waals surface area contributed by atoms with Gasteiger partial charge in [-0.3, -0.25) is 4.79 Å². The van der Waals surface area contributed by atoms with Gasteiger partial charge in [-0.1, -0.05) is 6.07 Å². The third kappa shape index (κ3) is 7.39. The maximum atomic E-state index is 12.7. The fourth-order valence-electron chi connectivity index (χ4n) is 4.26. The molecule has 0 unspecified atom stereocenters. The second-order valence-electron chi connectivity index (χ2n) is 9.31. The molecule has 1 aliphatic heterocycles. The van der Waals surface area contributed by atoms with E-state index < -0.39 is 0 Å². The Morgan fingerprint density at radius 1 is 1.06 bits per heavy atom. The minimum atomic E-state index is 0.169. The van der Waals surface area contributed by atoms with E-state index in [2.05, 4.69) is 65.7 Å². The number of aryl methyl sites for hydroxylation is 2. The molecule has 2 aromatic carbocycles. The molecule has 1 aliphatic rings. The first-order chi connectivity index (χ1) is 16.3. The van der Waals surface area contributed by atoms with Gasteiger partial charge in [-0.25, -0.2) is 4.31 Å². The number of fused-ring (bicyclic) bond motifs is 1. The number of carbonyl (C=O) groups excluding carboxylic acids is 1. The number of methoxy groups -OCH3 is 1. The number of carbonyl (C=O) groups is 1. The summed E-state index contributed by atoms with van der Waals surface area (Å²) in [6, 6.07) is 10.8. The van der Waals surface area contributed by atoms with Crippen LogP contribution in [0.3, 0.4) is 0 Å². The predicted molar refractivity (Wildman–Crippen MR) is 143 cm³/mol. The summed E-state index contributed by atoms with van der Waals surface area (Å²) in [7, 11) is 7.81. The zero-order chi connectivity index (χ0) is 24.7. The molecule has 186 valence electrons. The number of nitrogens with one attached hydrogen (secondary N) is 1. The number of ether oxygens (including phenoxy) is 1. The summed E-state index contributed by atoms with van der Waals surface area (Å²) in [5.74, 6) is 1.05. The molecule has 3 rings (SSSR count). The number of nitrogens with zero attached hydrogens (tertiary/aromatic N) is 3. The highest BCUT2D eigenvalue weighted by atomic mass is 32.2. The van der Waals surface area contributed by atoms with Crippen LogP contribution in [0.2, 0.25) is 0 Å². The lowest BCUT2D eigenvalue weighted by Gasteiger charge is -2.22. The van der Waals surface area contributed by atoms with E-state index in [0.29, 0.717) is 19.5 Å². The third-order valence-electron chi connectivity index (χ3n) is 6.49. The Morgan fingerprint density at radius 2 is 1.74 bits per heavy atom. The molecule has 0 spiro atoms. The molecule has 2 aromatic rings. The lowest BCUT2D eigenvalue weighted by Crippen LogP contribution is -2.33. The molecule has 0 atom stereocenters. The number of rotatable bonds is 10. The molecule has 1 N–H and O–H groups in total. The van der Waals surface area contributed by atoms with E-state index in [-0.39, 0.29) is 5.91 Å². The maximum Gasteiger partial charge on any atom is 0.223 e. The Morgan fingerprint density at radius 3 is 2.41 bits per heavy atom. The lowest BCUT2D eigenvalue weighted by molar-refractivity contribution is -0.129. The van der Waals surface area contributed by atoms with Gasteiger partial charge in [0.1, 0.15) is 5.75 Å². The molecular formula is C27H40N4O2S. The smallest absolute Gasteiger partial charge is 0.223 e. The van der Waals surface area contributed by atoms with Crippen LogP contribution in [-0.4, -0.2) is 81.0 Å². The van der Waals surface area contributed by atoms with Gasteiger partial charge in [0, 0.05) is 56.8 Å². The highest BCUT2D eigenvalue weighted by Crippen LogP contribution is 2.31. The molecular weight excluding hydrogens is 444 g/mol. The van der Waals surface area contributed by atoms with Gasteiger partial charge in [-0.05, 0) is 99.3 Å². The summed E-state index contributed by atoms with van der Waals surface area (Å²) in [5.41, 5.74) is 6.43. The highest BCUT2D eigenvalue weighted by Gasteiger charge is 2.14. The minimum absolute atomic E-state index is 0.169. The molecule has 0 saturated heterocycles. The molecule has 6 nitrogen and oxygen atoms in total. The first-order valence-electron chi connectivity index (χ1n) is 12.1. The van der Waals surface area contributed by atoms with Crippen LogP contribution < -0.4 is 10.1 Å². The van der Waals surface area contributed by atoms with Gasteiger partial charge in [0.05, 0.1) is 7.11 Å². The number of likely N-dealkylation sites (N-methyl/N-ethyl adjacent to an activating group) is 2. The van der Waals surface area contributed by atoms with Gasteiger partial charge in [0.2, 0.25) is 5.91 Å². The van der Waals surface area contributed by atoms with Crippen LogP contribution in [0.1, 0.15) is 28.7 Å². The SMILES string of the molecule is COc1cc(C)c(SN(C)CCC(=O)N(C)CCNc2ccc3c(c2)CCN(C)CC3)c(C)c1. The van der Waals surface area contributed by atoms with Crippen molar-refractivity contribution in [3.63, 3.8) is 0 Å². The highest BCUT2D eigenvalue weighted by molar-refractivity contribution is 7.97. The van der Waals surface area contributed by atoms with Crippen molar-refractivity contribution >= 4 is 23.5 Å². The van der Waals surface area contributed by atoms with Gasteiger partial charge < -0.3 is 19.9 Å². The standard InChI is InChI=1S/C27H40N4O2S/c1-20-17-25(33-6)18-21(2)27(20)34-31(5)15-11-26(32)30(4)16-12-28-24-8-7-22-9-13-29(3)14-10-23(22)19-24/h7-8,17-19,28H,9-16H2,1-6H3. The molecule has 0 fully saturated rings. The van der Waals surface area contributed by atoms with Gasteiger partial charge in [0.25, 0.3) is 0 Å². The second-order valence-corrected chi connectivity index (χ2v) is 10.5. The second kappa shape index (κ2) is 12.5. The average Bonchev–Trinajstić information content (AvgIpc) is 3.00. The summed E-state index contributed by atoms with van der Waals surface area (Å²) in [5, 5.41) is 3.50. The van der Waals surface area contributed by atoms with E-state index in [1.165, 1.54) is 27.1 Å².